The molecule has 0 radical (unpaired) electrons. The van der Waals surface area contributed by atoms with Crippen molar-refractivity contribution >= 4 is 22.4 Å². The van der Waals surface area contributed by atoms with E-state index < -0.39 is 0 Å². The Morgan fingerprint density at radius 3 is 2.76 bits per heavy atom. The standard InChI is InChI=1S/C22H22N2O4S/c1-12-13(2)28-20-15(12)6-5-7-16(20)21(25)24-22-23-18(11-29-22)17-10-14(26-3)8-9-19(17)27-4/h5-13H,1-4H3,(H,23,24,25). The third kappa shape index (κ3) is 3.53. The SMILES string of the molecule is COc1ccc(OC)c(-c2csc(NC(=O)c3cccc4c3OC(C)C4C)n2)c1. The first-order valence-corrected chi connectivity index (χ1v) is 10.2. The molecule has 0 fully saturated rings. The van der Waals surface area contributed by atoms with Gasteiger partial charge in [-0.15, -0.1) is 11.3 Å². The van der Waals surface area contributed by atoms with Gasteiger partial charge >= 0.3 is 0 Å². The van der Waals surface area contributed by atoms with Gasteiger partial charge in [0, 0.05) is 22.4 Å². The number of ether oxygens (including phenoxy) is 3. The van der Waals surface area contributed by atoms with Gasteiger partial charge in [-0.1, -0.05) is 19.1 Å². The van der Waals surface area contributed by atoms with Crippen LogP contribution in [0.25, 0.3) is 11.3 Å². The molecular formula is C22H22N2O4S. The molecule has 150 valence electrons. The van der Waals surface area contributed by atoms with E-state index in [0.29, 0.717) is 33.6 Å². The maximum absolute atomic E-state index is 12.9. The Balaban J connectivity index is 1.59. The zero-order chi connectivity index (χ0) is 20.5. The number of methoxy groups -OCH3 is 2. The molecular weight excluding hydrogens is 388 g/mol. The maximum Gasteiger partial charge on any atom is 0.261 e. The van der Waals surface area contributed by atoms with Crippen LogP contribution in [0.5, 0.6) is 17.2 Å². The van der Waals surface area contributed by atoms with Crippen LogP contribution in [-0.4, -0.2) is 31.2 Å². The number of carbonyl (C=O) groups excluding carboxylic acids is 1. The van der Waals surface area contributed by atoms with Crippen molar-refractivity contribution < 1.29 is 19.0 Å². The zero-order valence-electron chi connectivity index (χ0n) is 16.7. The summed E-state index contributed by atoms with van der Waals surface area (Å²) in [5.41, 5.74) is 3.09. The first-order valence-electron chi connectivity index (χ1n) is 9.30. The first kappa shape index (κ1) is 19.3. The van der Waals surface area contributed by atoms with Crippen LogP contribution in [0.15, 0.2) is 41.8 Å². The predicted octanol–water partition coefficient (Wildman–Crippen LogP) is 4.96. The van der Waals surface area contributed by atoms with E-state index in [4.69, 9.17) is 14.2 Å². The number of para-hydroxylation sites is 1. The molecule has 29 heavy (non-hydrogen) atoms. The van der Waals surface area contributed by atoms with Crippen LogP contribution in [0, 0.1) is 0 Å². The number of nitrogens with one attached hydrogen (secondary N) is 1. The van der Waals surface area contributed by atoms with E-state index in [-0.39, 0.29) is 17.9 Å². The van der Waals surface area contributed by atoms with Crippen LogP contribution in [-0.2, 0) is 0 Å². The Hall–Kier alpha value is -3.06. The molecule has 7 heteroatoms. The summed E-state index contributed by atoms with van der Waals surface area (Å²) in [6, 6.07) is 11.2. The Bertz CT molecular complexity index is 1060. The van der Waals surface area contributed by atoms with Crippen molar-refractivity contribution in [3.8, 4) is 28.5 Å². The molecule has 1 aliphatic heterocycles. The van der Waals surface area contributed by atoms with Gasteiger partial charge in [-0.3, -0.25) is 10.1 Å². The fourth-order valence-electron chi connectivity index (χ4n) is 3.40. The summed E-state index contributed by atoms with van der Waals surface area (Å²) in [5.74, 6) is 2.08. The summed E-state index contributed by atoms with van der Waals surface area (Å²) >= 11 is 1.35. The van der Waals surface area contributed by atoms with Crippen LogP contribution >= 0.6 is 11.3 Å². The largest absolute Gasteiger partial charge is 0.497 e. The van der Waals surface area contributed by atoms with Gasteiger partial charge in [0.1, 0.15) is 23.4 Å². The van der Waals surface area contributed by atoms with E-state index in [1.165, 1.54) is 11.3 Å². The molecule has 0 saturated carbocycles. The number of thiazole rings is 1. The van der Waals surface area contributed by atoms with Gasteiger partial charge in [0.25, 0.3) is 5.91 Å². The average Bonchev–Trinajstić information content (AvgIpc) is 3.31. The molecule has 2 atom stereocenters. The van der Waals surface area contributed by atoms with E-state index in [9.17, 15) is 4.79 Å². The maximum atomic E-state index is 12.9. The lowest BCUT2D eigenvalue weighted by molar-refractivity contribution is 0.102. The van der Waals surface area contributed by atoms with Gasteiger partial charge < -0.3 is 14.2 Å². The number of rotatable bonds is 5. The van der Waals surface area contributed by atoms with Crippen molar-refractivity contribution in [2.45, 2.75) is 25.9 Å². The van der Waals surface area contributed by atoms with Crippen molar-refractivity contribution in [3.63, 3.8) is 0 Å². The molecule has 0 spiro atoms. The molecule has 6 nitrogen and oxygen atoms in total. The van der Waals surface area contributed by atoms with E-state index >= 15 is 0 Å². The Kier molecular flexibility index (Phi) is 5.15. The molecule has 2 heterocycles. The highest BCUT2D eigenvalue weighted by Crippen LogP contribution is 2.41. The molecule has 4 rings (SSSR count). The van der Waals surface area contributed by atoms with Crippen LogP contribution in [0.3, 0.4) is 0 Å². The summed E-state index contributed by atoms with van der Waals surface area (Å²) in [4.78, 5) is 17.5. The molecule has 1 amide bonds. The van der Waals surface area contributed by atoms with E-state index in [1.807, 2.05) is 42.6 Å². The second-order valence-electron chi connectivity index (χ2n) is 6.89. The number of carbonyl (C=O) groups is 1. The molecule has 1 aliphatic rings. The lowest BCUT2D eigenvalue weighted by Crippen LogP contribution is -2.14. The molecule has 0 saturated heterocycles. The highest BCUT2D eigenvalue weighted by molar-refractivity contribution is 7.14. The smallest absolute Gasteiger partial charge is 0.261 e. The number of hydrogen-bond donors (Lipinski definition) is 1. The summed E-state index contributed by atoms with van der Waals surface area (Å²) in [5, 5.41) is 5.27. The van der Waals surface area contributed by atoms with Gasteiger partial charge in [0.2, 0.25) is 0 Å². The van der Waals surface area contributed by atoms with Crippen molar-refractivity contribution in [2.75, 3.05) is 19.5 Å². The molecule has 2 unspecified atom stereocenters. The minimum absolute atomic E-state index is 0.0472. The summed E-state index contributed by atoms with van der Waals surface area (Å²) < 4.78 is 16.7. The number of aromatic nitrogens is 1. The van der Waals surface area contributed by atoms with Gasteiger partial charge in [0.15, 0.2) is 5.13 Å². The fourth-order valence-corrected chi connectivity index (χ4v) is 4.10. The molecule has 1 aromatic heterocycles. The topological polar surface area (TPSA) is 69.7 Å². The van der Waals surface area contributed by atoms with E-state index in [0.717, 1.165) is 11.1 Å². The molecule has 1 N–H and O–H groups in total. The molecule has 2 aromatic carbocycles. The van der Waals surface area contributed by atoms with Crippen LogP contribution < -0.4 is 19.5 Å². The van der Waals surface area contributed by atoms with Crippen molar-refractivity contribution in [1.82, 2.24) is 4.98 Å². The van der Waals surface area contributed by atoms with Crippen LogP contribution in [0.4, 0.5) is 5.13 Å². The lowest BCUT2D eigenvalue weighted by atomic mass is 9.97. The van der Waals surface area contributed by atoms with Crippen molar-refractivity contribution in [1.29, 1.82) is 0 Å². The highest BCUT2D eigenvalue weighted by atomic mass is 32.1. The lowest BCUT2D eigenvalue weighted by Gasteiger charge is -2.09. The Morgan fingerprint density at radius 2 is 2.00 bits per heavy atom. The molecule has 0 aliphatic carbocycles. The quantitative estimate of drug-likeness (QED) is 0.643. The van der Waals surface area contributed by atoms with Crippen LogP contribution in [0.1, 0.15) is 35.7 Å². The second-order valence-corrected chi connectivity index (χ2v) is 7.75. The number of hydrogen-bond acceptors (Lipinski definition) is 6. The van der Waals surface area contributed by atoms with Gasteiger partial charge in [0.05, 0.1) is 25.5 Å². The zero-order valence-corrected chi connectivity index (χ0v) is 17.5. The van der Waals surface area contributed by atoms with E-state index in [2.05, 4.69) is 17.2 Å². The number of anilines is 1. The van der Waals surface area contributed by atoms with Crippen molar-refractivity contribution in [2.24, 2.45) is 0 Å². The minimum atomic E-state index is -0.235. The Labute approximate surface area is 173 Å². The summed E-state index contributed by atoms with van der Waals surface area (Å²) in [6.45, 7) is 4.12. The second kappa shape index (κ2) is 7.75. The number of amides is 1. The van der Waals surface area contributed by atoms with Gasteiger partial charge in [-0.25, -0.2) is 4.98 Å². The normalized spacial score (nSPS) is 17.4. The summed E-state index contributed by atoms with van der Waals surface area (Å²) in [6.07, 6.45) is 0.0472. The minimum Gasteiger partial charge on any atom is -0.497 e. The molecule has 0 bridgehead atoms. The fraction of sp³-hybridized carbons (Fsp3) is 0.273. The number of nitrogens with zero attached hydrogens (tertiary/aromatic N) is 1. The number of fused-ring (bicyclic) bond motifs is 1. The average molecular weight is 410 g/mol. The van der Waals surface area contributed by atoms with Gasteiger partial charge in [-0.2, -0.15) is 0 Å². The third-order valence-corrected chi connectivity index (χ3v) is 5.95. The van der Waals surface area contributed by atoms with E-state index in [1.54, 1.807) is 20.3 Å². The van der Waals surface area contributed by atoms with Crippen molar-refractivity contribution in [3.05, 3.63) is 52.9 Å². The Morgan fingerprint density at radius 1 is 1.17 bits per heavy atom. The van der Waals surface area contributed by atoms with Gasteiger partial charge in [-0.05, 0) is 31.2 Å². The monoisotopic (exact) mass is 410 g/mol. The number of benzene rings is 2. The molecule has 3 aromatic rings. The first-order chi connectivity index (χ1) is 14.0. The van der Waals surface area contributed by atoms with Crippen LogP contribution in [0.2, 0.25) is 0 Å². The third-order valence-electron chi connectivity index (χ3n) is 5.20. The predicted molar refractivity (Wildman–Crippen MR) is 114 cm³/mol. The summed E-state index contributed by atoms with van der Waals surface area (Å²) in [7, 11) is 3.22. The highest BCUT2D eigenvalue weighted by Gasteiger charge is 2.31.